The Morgan fingerprint density at radius 3 is 2.53 bits per heavy atom. The molecule has 6 nitrogen and oxygen atoms in total. The van der Waals surface area contributed by atoms with E-state index in [0.29, 0.717) is 48.0 Å². The first-order chi connectivity index (χ1) is 15.2. The Balaban J connectivity index is 1.43. The fourth-order valence-electron chi connectivity index (χ4n) is 3.93. The van der Waals surface area contributed by atoms with Gasteiger partial charge in [-0.25, -0.2) is 0 Å². The molecule has 168 valence electrons. The van der Waals surface area contributed by atoms with Crippen LogP contribution < -0.4 is 0 Å². The fourth-order valence-corrected chi connectivity index (χ4v) is 4.05. The Bertz CT molecular complexity index is 1140. The van der Waals surface area contributed by atoms with Crippen molar-refractivity contribution < 1.29 is 22.8 Å². The first-order valence-corrected chi connectivity index (χ1v) is 10.6. The van der Waals surface area contributed by atoms with E-state index in [-0.39, 0.29) is 30.4 Å². The van der Waals surface area contributed by atoms with Crippen LogP contribution in [0.1, 0.15) is 53.3 Å². The maximum absolute atomic E-state index is 13.1. The number of piperidine rings is 1. The summed E-state index contributed by atoms with van der Waals surface area (Å²) in [6, 6.07) is 8.75. The summed E-state index contributed by atoms with van der Waals surface area (Å²) in [5.41, 5.74) is 0.0367. The van der Waals surface area contributed by atoms with Gasteiger partial charge in [0.2, 0.25) is 5.91 Å². The summed E-state index contributed by atoms with van der Waals surface area (Å²) in [5, 5.41) is 8.60. The zero-order valence-corrected chi connectivity index (χ0v) is 17.7. The molecule has 1 unspecified atom stereocenters. The zero-order valence-electron chi connectivity index (χ0n) is 17.0. The predicted octanol–water partition coefficient (Wildman–Crippen LogP) is 4.77. The van der Waals surface area contributed by atoms with E-state index in [0.717, 1.165) is 12.3 Å². The van der Waals surface area contributed by atoms with E-state index in [2.05, 4.69) is 10.2 Å². The highest BCUT2D eigenvalue weighted by atomic mass is 35.5. The van der Waals surface area contributed by atoms with Crippen LogP contribution in [-0.4, -0.2) is 44.3 Å². The summed E-state index contributed by atoms with van der Waals surface area (Å²) >= 11 is 5.83. The number of rotatable bonds is 5. The maximum Gasteiger partial charge on any atom is 0.417 e. The molecule has 4 rings (SSSR count). The van der Waals surface area contributed by atoms with Crippen LogP contribution in [0.25, 0.3) is 5.65 Å². The number of benzene rings is 1. The summed E-state index contributed by atoms with van der Waals surface area (Å²) < 4.78 is 40.7. The first-order valence-electron chi connectivity index (χ1n) is 10.2. The number of pyridine rings is 1. The molecule has 1 atom stereocenters. The minimum Gasteiger partial charge on any atom is -0.342 e. The van der Waals surface area contributed by atoms with E-state index < -0.39 is 11.7 Å². The summed E-state index contributed by atoms with van der Waals surface area (Å²) in [7, 11) is 0. The molecule has 1 aliphatic rings. The van der Waals surface area contributed by atoms with E-state index in [9.17, 15) is 22.8 Å². The lowest BCUT2D eigenvalue weighted by atomic mass is 9.96. The highest BCUT2D eigenvalue weighted by Gasteiger charge is 2.32. The minimum atomic E-state index is -4.47. The number of carbonyl (C=O) groups is 2. The standard InChI is InChI=1S/C22H20ClF3N4O2/c23-17-6-3-14(4-7-17)18(31)8-10-20(32)29-11-1-2-15(12-29)21-28-27-19-9-5-16(13-30(19)21)22(24,25)26/h3-7,9,13,15H,1-2,8,10-12H2. The quantitative estimate of drug-likeness (QED) is 0.510. The molecular formula is C22H20ClF3N4O2. The van der Waals surface area contributed by atoms with E-state index in [1.807, 2.05) is 0 Å². The first kappa shape index (κ1) is 22.3. The number of halogens is 4. The molecule has 3 aromatic rings. The molecular weight excluding hydrogens is 445 g/mol. The summed E-state index contributed by atoms with van der Waals surface area (Å²) in [5.74, 6) is -0.146. The van der Waals surface area contributed by atoms with Crippen molar-refractivity contribution in [3.63, 3.8) is 0 Å². The van der Waals surface area contributed by atoms with Crippen LogP contribution in [0.5, 0.6) is 0 Å². The van der Waals surface area contributed by atoms with Crippen molar-refractivity contribution in [2.75, 3.05) is 13.1 Å². The molecule has 1 fully saturated rings. The van der Waals surface area contributed by atoms with Gasteiger partial charge in [0.25, 0.3) is 0 Å². The van der Waals surface area contributed by atoms with Crippen LogP contribution in [0.2, 0.25) is 5.02 Å². The van der Waals surface area contributed by atoms with Gasteiger partial charge in [0.15, 0.2) is 11.4 Å². The number of ketones is 1. The summed E-state index contributed by atoms with van der Waals surface area (Å²) in [6.07, 6.45) is -1.96. The average Bonchev–Trinajstić information content (AvgIpc) is 3.20. The van der Waals surface area contributed by atoms with E-state index >= 15 is 0 Å². The maximum atomic E-state index is 13.1. The van der Waals surface area contributed by atoms with Gasteiger partial charge in [0.1, 0.15) is 5.82 Å². The van der Waals surface area contributed by atoms with Gasteiger partial charge < -0.3 is 4.90 Å². The van der Waals surface area contributed by atoms with Crippen LogP contribution in [0.3, 0.4) is 0 Å². The molecule has 0 bridgehead atoms. The van der Waals surface area contributed by atoms with Gasteiger partial charge in [-0.15, -0.1) is 10.2 Å². The average molecular weight is 465 g/mol. The van der Waals surface area contributed by atoms with Crippen molar-refractivity contribution in [3.05, 3.63) is 64.6 Å². The molecule has 0 radical (unpaired) electrons. The van der Waals surface area contributed by atoms with Gasteiger partial charge in [0.05, 0.1) is 5.56 Å². The molecule has 2 aromatic heterocycles. The normalized spacial score (nSPS) is 17.0. The highest BCUT2D eigenvalue weighted by Crippen LogP contribution is 2.31. The summed E-state index contributed by atoms with van der Waals surface area (Å²) in [4.78, 5) is 26.7. The number of fused-ring (bicyclic) bond motifs is 1. The SMILES string of the molecule is O=C(CCC(=O)N1CCCC(c2nnc3ccc(C(F)(F)F)cn23)C1)c1ccc(Cl)cc1. The van der Waals surface area contributed by atoms with Crippen LogP contribution in [0.4, 0.5) is 13.2 Å². The minimum absolute atomic E-state index is 0.0625. The number of carbonyl (C=O) groups excluding carboxylic acids is 2. The second-order valence-electron chi connectivity index (χ2n) is 7.81. The van der Waals surface area contributed by atoms with Crippen LogP contribution in [-0.2, 0) is 11.0 Å². The summed E-state index contributed by atoms with van der Waals surface area (Å²) in [6.45, 7) is 0.861. The van der Waals surface area contributed by atoms with Gasteiger partial charge in [-0.3, -0.25) is 14.0 Å². The number of Topliss-reactive ketones (excluding diaryl/α,β-unsaturated/α-hetero) is 1. The lowest BCUT2D eigenvalue weighted by molar-refractivity contribution is -0.137. The Morgan fingerprint density at radius 2 is 1.81 bits per heavy atom. The number of nitrogens with zero attached hydrogens (tertiary/aromatic N) is 4. The third-order valence-electron chi connectivity index (χ3n) is 5.63. The second kappa shape index (κ2) is 8.90. The zero-order chi connectivity index (χ0) is 22.9. The van der Waals surface area contributed by atoms with Gasteiger partial charge >= 0.3 is 6.18 Å². The topological polar surface area (TPSA) is 67.6 Å². The molecule has 0 N–H and O–H groups in total. The van der Waals surface area contributed by atoms with Crippen molar-refractivity contribution in [2.45, 2.75) is 37.8 Å². The molecule has 1 amide bonds. The largest absolute Gasteiger partial charge is 0.417 e. The molecule has 10 heteroatoms. The Morgan fingerprint density at radius 1 is 1.06 bits per heavy atom. The third kappa shape index (κ3) is 4.77. The Labute approximate surface area is 187 Å². The number of hydrogen-bond acceptors (Lipinski definition) is 4. The third-order valence-corrected chi connectivity index (χ3v) is 5.88. The lowest BCUT2D eigenvalue weighted by Gasteiger charge is -2.32. The molecule has 0 spiro atoms. The van der Waals surface area contributed by atoms with Crippen LogP contribution >= 0.6 is 11.6 Å². The van der Waals surface area contributed by atoms with Crippen molar-refractivity contribution in [1.82, 2.24) is 19.5 Å². The number of alkyl halides is 3. The van der Waals surface area contributed by atoms with Crippen LogP contribution in [0, 0.1) is 0 Å². The molecule has 3 heterocycles. The highest BCUT2D eigenvalue weighted by molar-refractivity contribution is 6.30. The monoisotopic (exact) mass is 464 g/mol. The Hall–Kier alpha value is -2.94. The van der Waals surface area contributed by atoms with Gasteiger partial charge in [-0.05, 0) is 49.2 Å². The molecule has 1 aromatic carbocycles. The fraction of sp³-hybridized carbons (Fsp3) is 0.364. The van der Waals surface area contributed by atoms with Crippen molar-refractivity contribution in [3.8, 4) is 0 Å². The number of likely N-dealkylation sites (tertiary alicyclic amines) is 1. The molecule has 1 aliphatic heterocycles. The van der Waals surface area contributed by atoms with Gasteiger partial charge in [-0.1, -0.05) is 11.6 Å². The van der Waals surface area contributed by atoms with Crippen molar-refractivity contribution in [1.29, 1.82) is 0 Å². The lowest BCUT2D eigenvalue weighted by Crippen LogP contribution is -2.39. The van der Waals surface area contributed by atoms with E-state index in [1.165, 1.54) is 10.5 Å². The van der Waals surface area contributed by atoms with Crippen LogP contribution in [0.15, 0.2) is 42.6 Å². The van der Waals surface area contributed by atoms with Gasteiger partial charge in [-0.2, -0.15) is 13.2 Å². The molecule has 0 saturated carbocycles. The molecule has 0 aliphatic carbocycles. The van der Waals surface area contributed by atoms with E-state index in [1.54, 1.807) is 29.2 Å². The number of aromatic nitrogens is 3. The molecule has 32 heavy (non-hydrogen) atoms. The second-order valence-corrected chi connectivity index (χ2v) is 8.25. The smallest absolute Gasteiger partial charge is 0.342 e. The van der Waals surface area contributed by atoms with Gasteiger partial charge in [0, 0.05) is 48.6 Å². The molecule has 1 saturated heterocycles. The Kier molecular flexibility index (Phi) is 6.19. The van der Waals surface area contributed by atoms with Crippen molar-refractivity contribution in [2.24, 2.45) is 0 Å². The predicted molar refractivity (Wildman–Crippen MR) is 112 cm³/mol. The number of amides is 1. The van der Waals surface area contributed by atoms with E-state index in [4.69, 9.17) is 11.6 Å². The number of hydrogen-bond donors (Lipinski definition) is 0. The van der Waals surface area contributed by atoms with Crippen molar-refractivity contribution >= 4 is 28.9 Å².